The van der Waals surface area contributed by atoms with E-state index in [0.29, 0.717) is 33.8 Å². The second-order valence-corrected chi connectivity index (χ2v) is 8.15. The van der Waals surface area contributed by atoms with Crippen molar-refractivity contribution in [2.24, 2.45) is 0 Å². The number of nitrogens with one attached hydrogen (secondary N) is 1. The molecule has 4 rings (SSSR count). The first-order valence-corrected chi connectivity index (χ1v) is 10.7. The lowest BCUT2D eigenvalue weighted by atomic mass is 10.2. The molecule has 0 aliphatic carbocycles. The molecular weight excluding hydrogens is 420 g/mol. The second-order valence-electron chi connectivity index (χ2n) is 6.23. The number of hydrogen-bond acceptors (Lipinski definition) is 8. The van der Waals surface area contributed by atoms with Crippen molar-refractivity contribution in [1.29, 1.82) is 0 Å². The van der Waals surface area contributed by atoms with Gasteiger partial charge in [0.15, 0.2) is 11.5 Å². The predicted molar refractivity (Wildman–Crippen MR) is 118 cm³/mol. The van der Waals surface area contributed by atoms with Gasteiger partial charge in [-0.1, -0.05) is 41.7 Å². The number of carbonyl (C=O) groups is 1. The normalized spacial score (nSPS) is 10.6. The Balaban J connectivity index is 1.45. The summed E-state index contributed by atoms with van der Waals surface area (Å²) in [5.41, 5.74) is 2.31. The highest BCUT2D eigenvalue weighted by atomic mass is 32.1. The van der Waals surface area contributed by atoms with Crippen molar-refractivity contribution in [2.45, 2.75) is 6.42 Å². The molecule has 0 fully saturated rings. The second kappa shape index (κ2) is 9.02. The fraction of sp³-hybridized carbons (Fsp3) is 0.143. The van der Waals surface area contributed by atoms with Gasteiger partial charge in [0.2, 0.25) is 5.13 Å². The Morgan fingerprint density at radius 3 is 2.60 bits per heavy atom. The molecule has 0 spiro atoms. The smallest absolute Gasteiger partial charge is 0.276 e. The largest absolute Gasteiger partial charge is 0.493 e. The Bertz CT molecular complexity index is 1160. The van der Waals surface area contributed by atoms with Crippen molar-refractivity contribution in [2.75, 3.05) is 19.5 Å². The van der Waals surface area contributed by atoms with Crippen LogP contribution in [0, 0.1) is 0 Å². The molecule has 2 aromatic heterocycles. The van der Waals surface area contributed by atoms with Crippen molar-refractivity contribution in [1.82, 2.24) is 15.2 Å². The van der Waals surface area contributed by atoms with E-state index >= 15 is 0 Å². The van der Waals surface area contributed by atoms with E-state index in [1.54, 1.807) is 19.6 Å². The summed E-state index contributed by atoms with van der Waals surface area (Å²) in [7, 11) is 3.17. The van der Waals surface area contributed by atoms with Crippen molar-refractivity contribution < 1.29 is 14.3 Å². The highest BCUT2D eigenvalue weighted by Crippen LogP contribution is 2.33. The van der Waals surface area contributed by atoms with Crippen LogP contribution in [-0.4, -0.2) is 35.3 Å². The van der Waals surface area contributed by atoms with Crippen molar-refractivity contribution in [3.8, 4) is 22.1 Å². The standard InChI is InChI=1S/C21H18N4O3S2/c1-27-16-9-8-14(11-17(16)28-2)20-22-15(12-29-20)19(26)23-21-25-24-18(30-21)10-13-6-4-3-5-7-13/h3-9,11-12H,10H2,1-2H3,(H,23,25,26). The summed E-state index contributed by atoms with van der Waals surface area (Å²) < 4.78 is 10.6. The van der Waals surface area contributed by atoms with E-state index in [2.05, 4.69) is 20.5 Å². The maximum Gasteiger partial charge on any atom is 0.276 e. The van der Waals surface area contributed by atoms with Gasteiger partial charge in [-0.2, -0.15) is 0 Å². The number of ether oxygens (including phenoxy) is 2. The highest BCUT2D eigenvalue weighted by molar-refractivity contribution is 7.15. The third-order valence-corrected chi connectivity index (χ3v) is 5.98. The summed E-state index contributed by atoms with van der Waals surface area (Å²) in [5.74, 6) is 0.926. The van der Waals surface area contributed by atoms with Gasteiger partial charge in [-0.25, -0.2) is 4.98 Å². The molecule has 1 amide bonds. The molecule has 0 radical (unpaired) electrons. The van der Waals surface area contributed by atoms with Crippen LogP contribution < -0.4 is 14.8 Å². The Labute approximate surface area is 181 Å². The minimum Gasteiger partial charge on any atom is -0.493 e. The number of methoxy groups -OCH3 is 2. The van der Waals surface area contributed by atoms with E-state index in [1.807, 2.05) is 48.5 Å². The van der Waals surface area contributed by atoms with Crippen LogP contribution in [0.3, 0.4) is 0 Å². The Hall–Kier alpha value is -3.30. The summed E-state index contributed by atoms with van der Waals surface area (Å²) in [6, 6.07) is 15.5. The predicted octanol–water partition coefficient (Wildman–Crippen LogP) is 4.52. The van der Waals surface area contributed by atoms with Gasteiger partial charge in [-0.3, -0.25) is 10.1 Å². The third kappa shape index (κ3) is 4.47. The SMILES string of the molecule is COc1ccc(-c2nc(C(=O)Nc3nnc(Cc4ccccc4)s3)cs2)cc1OC. The van der Waals surface area contributed by atoms with Crippen molar-refractivity contribution in [3.05, 3.63) is 70.2 Å². The number of thiazole rings is 1. The minimum atomic E-state index is -0.319. The van der Waals surface area contributed by atoms with E-state index in [9.17, 15) is 4.79 Å². The molecule has 1 N–H and O–H groups in total. The molecule has 0 aliphatic rings. The molecular formula is C21H18N4O3S2. The molecule has 4 aromatic rings. The van der Waals surface area contributed by atoms with Crippen LogP contribution in [0.4, 0.5) is 5.13 Å². The van der Waals surface area contributed by atoms with Crippen LogP contribution in [0.25, 0.3) is 10.6 Å². The first-order valence-electron chi connectivity index (χ1n) is 9.02. The molecule has 7 nitrogen and oxygen atoms in total. The number of amides is 1. The van der Waals surface area contributed by atoms with Gasteiger partial charge in [0.05, 0.1) is 14.2 Å². The summed E-state index contributed by atoms with van der Waals surface area (Å²) >= 11 is 2.73. The summed E-state index contributed by atoms with van der Waals surface area (Å²) in [4.78, 5) is 17.0. The van der Waals surface area contributed by atoms with Crippen molar-refractivity contribution in [3.63, 3.8) is 0 Å². The van der Waals surface area contributed by atoms with Gasteiger partial charge in [0, 0.05) is 17.4 Å². The van der Waals surface area contributed by atoms with E-state index in [1.165, 1.54) is 22.7 Å². The van der Waals surface area contributed by atoms with E-state index < -0.39 is 0 Å². The number of nitrogens with zero attached hydrogens (tertiary/aromatic N) is 3. The summed E-state index contributed by atoms with van der Waals surface area (Å²) in [5, 5.41) is 14.7. The fourth-order valence-electron chi connectivity index (χ4n) is 2.79. The number of aromatic nitrogens is 3. The number of benzene rings is 2. The summed E-state index contributed by atoms with van der Waals surface area (Å²) in [6.07, 6.45) is 0.675. The molecule has 0 atom stereocenters. The van der Waals surface area contributed by atoms with Crippen LogP contribution in [0.5, 0.6) is 11.5 Å². The molecule has 2 heterocycles. The molecule has 0 bridgehead atoms. The van der Waals surface area contributed by atoms with E-state index in [4.69, 9.17) is 9.47 Å². The number of carbonyl (C=O) groups excluding carboxylic acids is 1. The molecule has 152 valence electrons. The molecule has 0 saturated carbocycles. The Morgan fingerprint density at radius 1 is 1.03 bits per heavy atom. The molecule has 0 aliphatic heterocycles. The zero-order chi connectivity index (χ0) is 20.9. The highest BCUT2D eigenvalue weighted by Gasteiger charge is 2.16. The van der Waals surface area contributed by atoms with Crippen LogP contribution in [0.15, 0.2) is 53.9 Å². The van der Waals surface area contributed by atoms with E-state index in [0.717, 1.165) is 16.1 Å². The van der Waals surface area contributed by atoms with Crippen LogP contribution in [-0.2, 0) is 6.42 Å². The maximum absolute atomic E-state index is 12.6. The van der Waals surface area contributed by atoms with Gasteiger partial charge >= 0.3 is 0 Å². The minimum absolute atomic E-state index is 0.319. The monoisotopic (exact) mass is 438 g/mol. The molecule has 0 unspecified atom stereocenters. The Kier molecular flexibility index (Phi) is 6.01. The van der Waals surface area contributed by atoms with Gasteiger partial charge in [-0.05, 0) is 23.8 Å². The lowest BCUT2D eigenvalue weighted by molar-refractivity contribution is 0.102. The van der Waals surface area contributed by atoms with Gasteiger partial charge < -0.3 is 9.47 Å². The molecule has 2 aromatic carbocycles. The fourth-order valence-corrected chi connectivity index (χ4v) is 4.35. The summed E-state index contributed by atoms with van der Waals surface area (Å²) in [6.45, 7) is 0. The quantitative estimate of drug-likeness (QED) is 0.456. The van der Waals surface area contributed by atoms with Gasteiger partial charge in [0.1, 0.15) is 15.7 Å². The average Bonchev–Trinajstić information content (AvgIpc) is 3.44. The maximum atomic E-state index is 12.6. The zero-order valence-corrected chi connectivity index (χ0v) is 17.9. The van der Waals surface area contributed by atoms with Crippen LogP contribution >= 0.6 is 22.7 Å². The third-order valence-electron chi connectivity index (χ3n) is 4.25. The van der Waals surface area contributed by atoms with Crippen molar-refractivity contribution >= 4 is 33.7 Å². The van der Waals surface area contributed by atoms with Gasteiger partial charge in [0.25, 0.3) is 5.91 Å². The van der Waals surface area contributed by atoms with Crippen LogP contribution in [0.1, 0.15) is 21.1 Å². The number of hydrogen-bond donors (Lipinski definition) is 1. The first kappa shape index (κ1) is 20.0. The average molecular weight is 439 g/mol. The molecule has 30 heavy (non-hydrogen) atoms. The molecule has 0 saturated heterocycles. The molecule has 9 heteroatoms. The van der Waals surface area contributed by atoms with E-state index in [-0.39, 0.29) is 5.91 Å². The lowest BCUT2D eigenvalue weighted by Crippen LogP contribution is -2.12. The Morgan fingerprint density at radius 2 is 1.83 bits per heavy atom. The number of anilines is 1. The van der Waals surface area contributed by atoms with Gasteiger partial charge in [-0.15, -0.1) is 21.5 Å². The topological polar surface area (TPSA) is 86.2 Å². The lowest BCUT2D eigenvalue weighted by Gasteiger charge is -2.08. The zero-order valence-electron chi connectivity index (χ0n) is 16.3. The number of rotatable bonds is 7. The first-order chi connectivity index (χ1) is 14.7. The van der Waals surface area contributed by atoms with Crippen LogP contribution in [0.2, 0.25) is 0 Å².